The molecule has 5 heteroatoms. The van der Waals surface area contributed by atoms with E-state index < -0.39 is 11.6 Å². The second-order valence-corrected chi connectivity index (χ2v) is 4.63. The van der Waals surface area contributed by atoms with Gasteiger partial charge in [-0.05, 0) is 43.2 Å². The molecule has 0 aliphatic rings. The summed E-state index contributed by atoms with van der Waals surface area (Å²) in [5, 5.41) is 0. The first kappa shape index (κ1) is 15.4. The molecule has 0 saturated heterocycles. The number of hydrogen-bond donors (Lipinski definition) is 2. The van der Waals surface area contributed by atoms with Crippen LogP contribution in [0.4, 0.5) is 8.78 Å². The Balaban J connectivity index is 2.19. The summed E-state index contributed by atoms with van der Waals surface area (Å²) in [7, 11) is 0. The molecular weight excluding hydrogens is 274 g/mol. The number of benzene rings is 2. The standard InChI is InChI=1S/C16H18F2N2O/c1-2-21-12-8-6-11(7-9-12)16(20-19)10-13-14(17)4-3-5-15(13)18/h3-9,16,20H,2,10,19H2,1H3. The van der Waals surface area contributed by atoms with Crippen molar-refractivity contribution >= 4 is 0 Å². The van der Waals surface area contributed by atoms with Crippen molar-refractivity contribution in [3.8, 4) is 5.75 Å². The van der Waals surface area contributed by atoms with Gasteiger partial charge in [0.25, 0.3) is 0 Å². The predicted octanol–water partition coefficient (Wildman–Crippen LogP) is 3.11. The van der Waals surface area contributed by atoms with Crippen LogP contribution in [-0.2, 0) is 6.42 Å². The molecule has 112 valence electrons. The largest absolute Gasteiger partial charge is 0.494 e. The molecule has 0 aliphatic heterocycles. The molecule has 0 spiro atoms. The van der Waals surface area contributed by atoms with Crippen LogP contribution in [0.5, 0.6) is 5.75 Å². The molecule has 1 unspecified atom stereocenters. The molecule has 0 fully saturated rings. The van der Waals surface area contributed by atoms with E-state index in [9.17, 15) is 8.78 Å². The lowest BCUT2D eigenvalue weighted by Crippen LogP contribution is -2.30. The predicted molar refractivity (Wildman–Crippen MR) is 77.7 cm³/mol. The summed E-state index contributed by atoms with van der Waals surface area (Å²) in [5.74, 6) is 5.13. The highest BCUT2D eigenvalue weighted by Crippen LogP contribution is 2.23. The molecule has 0 heterocycles. The molecule has 0 aromatic heterocycles. The van der Waals surface area contributed by atoms with Crippen molar-refractivity contribution in [2.75, 3.05) is 6.61 Å². The summed E-state index contributed by atoms with van der Waals surface area (Å²) < 4.78 is 32.8. The molecule has 0 aliphatic carbocycles. The first-order valence-corrected chi connectivity index (χ1v) is 6.77. The minimum atomic E-state index is -0.568. The second kappa shape index (κ2) is 7.15. The zero-order valence-corrected chi connectivity index (χ0v) is 11.8. The van der Waals surface area contributed by atoms with Gasteiger partial charge >= 0.3 is 0 Å². The van der Waals surface area contributed by atoms with Crippen LogP contribution < -0.4 is 16.0 Å². The third-order valence-corrected chi connectivity index (χ3v) is 3.26. The summed E-state index contributed by atoms with van der Waals surface area (Å²) in [4.78, 5) is 0. The zero-order valence-electron chi connectivity index (χ0n) is 11.8. The average Bonchev–Trinajstić information content (AvgIpc) is 2.49. The zero-order chi connectivity index (χ0) is 15.2. The number of hydrazine groups is 1. The fraction of sp³-hybridized carbons (Fsp3) is 0.250. The van der Waals surface area contributed by atoms with Gasteiger partial charge in [-0.2, -0.15) is 0 Å². The van der Waals surface area contributed by atoms with Crippen LogP contribution in [0.25, 0.3) is 0 Å². The fourth-order valence-electron chi connectivity index (χ4n) is 2.17. The highest BCUT2D eigenvalue weighted by atomic mass is 19.1. The molecule has 1 atom stereocenters. The monoisotopic (exact) mass is 292 g/mol. The van der Waals surface area contributed by atoms with Gasteiger partial charge in [0.05, 0.1) is 12.6 Å². The van der Waals surface area contributed by atoms with Crippen LogP contribution >= 0.6 is 0 Å². The van der Waals surface area contributed by atoms with Gasteiger partial charge in [-0.1, -0.05) is 18.2 Å². The Morgan fingerprint density at radius 3 is 2.24 bits per heavy atom. The van der Waals surface area contributed by atoms with E-state index in [0.717, 1.165) is 11.3 Å². The Kier molecular flexibility index (Phi) is 5.25. The minimum absolute atomic E-state index is 0.0225. The number of halogens is 2. The van der Waals surface area contributed by atoms with Crippen LogP contribution in [0, 0.1) is 11.6 Å². The first-order valence-electron chi connectivity index (χ1n) is 6.77. The SMILES string of the molecule is CCOc1ccc(C(Cc2c(F)cccc2F)NN)cc1. The van der Waals surface area contributed by atoms with Crippen LogP contribution in [0.1, 0.15) is 24.1 Å². The number of ether oxygens (including phenoxy) is 1. The molecule has 0 radical (unpaired) electrons. The van der Waals surface area contributed by atoms with E-state index >= 15 is 0 Å². The maximum atomic E-state index is 13.7. The fourth-order valence-corrected chi connectivity index (χ4v) is 2.17. The quantitative estimate of drug-likeness (QED) is 0.635. The lowest BCUT2D eigenvalue weighted by Gasteiger charge is -2.17. The van der Waals surface area contributed by atoms with Gasteiger partial charge in [0.1, 0.15) is 17.4 Å². The summed E-state index contributed by atoms with van der Waals surface area (Å²) in [6, 6.07) is 10.7. The Labute approximate surface area is 122 Å². The number of rotatable bonds is 6. The molecule has 0 bridgehead atoms. The maximum absolute atomic E-state index is 13.7. The third kappa shape index (κ3) is 3.77. The highest BCUT2D eigenvalue weighted by molar-refractivity contribution is 5.31. The molecule has 21 heavy (non-hydrogen) atoms. The van der Waals surface area contributed by atoms with Crippen molar-refractivity contribution < 1.29 is 13.5 Å². The van der Waals surface area contributed by atoms with E-state index in [1.807, 2.05) is 19.1 Å². The van der Waals surface area contributed by atoms with Gasteiger partial charge in [0.2, 0.25) is 0 Å². The van der Waals surface area contributed by atoms with Crippen LogP contribution in [0.2, 0.25) is 0 Å². The van der Waals surface area contributed by atoms with Crippen molar-refractivity contribution in [2.24, 2.45) is 5.84 Å². The van der Waals surface area contributed by atoms with Gasteiger partial charge in [-0.15, -0.1) is 0 Å². The Morgan fingerprint density at radius 1 is 1.10 bits per heavy atom. The molecular formula is C16H18F2N2O. The normalized spacial score (nSPS) is 12.2. The van der Waals surface area contributed by atoms with E-state index in [4.69, 9.17) is 10.6 Å². The molecule has 2 aromatic rings. The van der Waals surface area contributed by atoms with Gasteiger partial charge in [0.15, 0.2) is 0 Å². The Morgan fingerprint density at radius 2 is 1.71 bits per heavy atom. The molecule has 2 aromatic carbocycles. The minimum Gasteiger partial charge on any atom is -0.494 e. The third-order valence-electron chi connectivity index (χ3n) is 3.26. The maximum Gasteiger partial charge on any atom is 0.129 e. The summed E-state index contributed by atoms with van der Waals surface area (Å²) in [5.41, 5.74) is 3.46. The van der Waals surface area contributed by atoms with Crippen LogP contribution in [-0.4, -0.2) is 6.61 Å². The Bertz CT molecular complexity index is 567. The van der Waals surface area contributed by atoms with E-state index in [2.05, 4.69) is 5.43 Å². The average molecular weight is 292 g/mol. The number of hydrogen-bond acceptors (Lipinski definition) is 3. The van der Waals surface area contributed by atoms with Gasteiger partial charge in [-0.3, -0.25) is 11.3 Å². The smallest absolute Gasteiger partial charge is 0.129 e. The molecule has 2 rings (SSSR count). The lowest BCUT2D eigenvalue weighted by atomic mass is 9.98. The van der Waals surface area contributed by atoms with Gasteiger partial charge in [-0.25, -0.2) is 8.78 Å². The van der Waals surface area contributed by atoms with Gasteiger partial charge < -0.3 is 4.74 Å². The topological polar surface area (TPSA) is 47.3 Å². The van der Waals surface area contributed by atoms with Crippen molar-refractivity contribution in [3.05, 3.63) is 65.2 Å². The van der Waals surface area contributed by atoms with Gasteiger partial charge in [0, 0.05) is 5.56 Å². The molecule has 3 N–H and O–H groups in total. The molecule has 3 nitrogen and oxygen atoms in total. The number of nitrogens with two attached hydrogens (primary N) is 1. The number of nitrogens with one attached hydrogen (secondary N) is 1. The van der Waals surface area contributed by atoms with Crippen LogP contribution in [0.15, 0.2) is 42.5 Å². The van der Waals surface area contributed by atoms with Crippen molar-refractivity contribution in [1.29, 1.82) is 0 Å². The van der Waals surface area contributed by atoms with Crippen molar-refractivity contribution in [2.45, 2.75) is 19.4 Å². The molecule has 0 amide bonds. The van der Waals surface area contributed by atoms with Crippen molar-refractivity contribution in [3.63, 3.8) is 0 Å². The van der Waals surface area contributed by atoms with Crippen molar-refractivity contribution in [1.82, 2.24) is 5.43 Å². The highest BCUT2D eigenvalue weighted by Gasteiger charge is 2.16. The van der Waals surface area contributed by atoms with E-state index in [1.165, 1.54) is 18.2 Å². The second-order valence-electron chi connectivity index (χ2n) is 4.63. The summed E-state index contributed by atoms with van der Waals surface area (Å²) >= 11 is 0. The van der Waals surface area contributed by atoms with E-state index in [1.54, 1.807) is 12.1 Å². The first-order chi connectivity index (χ1) is 10.2. The molecule has 0 saturated carbocycles. The summed E-state index contributed by atoms with van der Waals surface area (Å²) in [6.07, 6.45) is 0.128. The summed E-state index contributed by atoms with van der Waals surface area (Å²) in [6.45, 7) is 2.48. The van der Waals surface area contributed by atoms with Crippen LogP contribution in [0.3, 0.4) is 0 Å². The van der Waals surface area contributed by atoms with E-state index in [0.29, 0.717) is 6.61 Å². The van der Waals surface area contributed by atoms with E-state index in [-0.39, 0.29) is 18.0 Å². The Hall–Kier alpha value is -1.98. The lowest BCUT2D eigenvalue weighted by molar-refractivity contribution is 0.340.